The highest BCUT2D eigenvalue weighted by Crippen LogP contribution is 2.33. The molecule has 0 saturated carbocycles. The van der Waals surface area contributed by atoms with Crippen LogP contribution in [-0.2, 0) is 41.7 Å². The fourth-order valence-electron chi connectivity index (χ4n) is 4.21. The SMILES string of the molecule is CC.O=C(Cc1ccccc1)NC1C(=O)N(C(O)C(=O)OCc2ccc([N+](=O)[O-])cc2)C1SCC(=O)C1CCCO1. The van der Waals surface area contributed by atoms with Gasteiger partial charge in [-0.15, -0.1) is 11.8 Å². The molecule has 2 fully saturated rings. The number of non-ortho nitro benzene ring substituents is 1. The van der Waals surface area contributed by atoms with Gasteiger partial charge in [0.2, 0.25) is 12.1 Å². The monoisotopic (exact) mass is 587 g/mol. The summed E-state index contributed by atoms with van der Waals surface area (Å²) < 4.78 is 10.5. The molecule has 4 atom stereocenters. The van der Waals surface area contributed by atoms with Gasteiger partial charge >= 0.3 is 5.97 Å². The van der Waals surface area contributed by atoms with E-state index in [2.05, 4.69) is 5.32 Å². The Hall–Kier alpha value is -3.81. The van der Waals surface area contributed by atoms with E-state index in [1.807, 2.05) is 19.9 Å². The number of hydrogen-bond acceptors (Lipinski definition) is 10. The molecular weight excluding hydrogens is 554 g/mol. The van der Waals surface area contributed by atoms with Crippen molar-refractivity contribution in [1.29, 1.82) is 0 Å². The fourth-order valence-corrected chi connectivity index (χ4v) is 5.49. The van der Waals surface area contributed by atoms with Gasteiger partial charge in [0, 0.05) is 18.7 Å². The van der Waals surface area contributed by atoms with E-state index in [9.17, 15) is 34.4 Å². The van der Waals surface area contributed by atoms with E-state index in [0.717, 1.165) is 28.6 Å². The molecule has 2 aromatic carbocycles. The van der Waals surface area contributed by atoms with E-state index in [4.69, 9.17) is 9.47 Å². The summed E-state index contributed by atoms with van der Waals surface area (Å²) in [5.74, 6) is -2.47. The van der Waals surface area contributed by atoms with Crippen LogP contribution in [0, 0.1) is 10.1 Å². The number of amides is 2. The highest BCUT2D eigenvalue weighted by molar-refractivity contribution is 8.00. The number of carbonyl (C=O) groups is 4. The van der Waals surface area contributed by atoms with Crippen LogP contribution in [0.15, 0.2) is 54.6 Å². The average molecular weight is 588 g/mol. The summed E-state index contributed by atoms with van der Waals surface area (Å²) >= 11 is 1.02. The first-order chi connectivity index (χ1) is 19.7. The number of nitro groups is 1. The van der Waals surface area contributed by atoms with Crippen LogP contribution >= 0.6 is 11.8 Å². The van der Waals surface area contributed by atoms with Crippen LogP contribution in [-0.4, -0.2) is 74.6 Å². The average Bonchev–Trinajstić information content (AvgIpc) is 3.53. The molecule has 13 heteroatoms. The van der Waals surface area contributed by atoms with Crippen molar-refractivity contribution in [3.63, 3.8) is 0 Å². The van der Waals surface area contributed by atoms with Crippen LogP contribution in [0.25, 0.3) is 0 Å². The Morgan fingerprint density at radius 2 is 1.83 bits per heavy atom. The number of likely N-dealkylation sites (tertiary alicyclic amines) is 1. The standard InChI is InChI=1S/C26H27N3O9S.C2H6/c30-19(20-7-4-12-37-20)15-39-25-22(27-21(31)13-16-5-2-1-3-6-16)23(32)28(25)24(33)26(34)38-14-17-8-10-18(11-9-17)29(35)36;1-2/h1-3,5-6,8-11,20,22,24-25,33H,4,7,12-15H2,(H,27,31);1-2H3. The first-order valence-electron chi connectivity index (χ1n) is 13.2. The van der Waals surface area contributed by atoms with E-state index in [-0.39, 0.29) is 30.3 Å². The number of esters is 1. The maximum atomic E-state index is 12.9. The zero-order valence-electron chi connectivity index (χ0n) is 22.8. The Balaban J connectivity index is 0.00000226. The number of carbonyl (C=O) groups excluding carboxylic acids is 4. The van der Waals surface area contributed by atoms with Crippen LogP contribution in [0.2, 0.25) is 0 Å². The molecule has 220 valence electrons. The summed E-state index contributed by atoms with van der Waals surface area (Å²) in [6.45, 7) is 4.20. The Labute approximate surface area is 241 Å². The number of nitrogens with zero attached hydrogens (tertiary/aromatic N) is 2. The molecule has 2 aliphatic rings. The maximum Gasteiger partial charge on any atom is 0.356 e. The molecule has 0 bridgehead atoms. The first kappa shape index (κ1) is 31.7. The molecule has 0 aliphatic carbocycles. The van der Waals surface area contributed by atoms with Crippen molar-refractivity contribution in [2.45, 2.75) is 63.5 Å². The van der Waals surface area contributed by atoms with Crippen molar-refractivity contribution in [1.82, 2.24) is 10.2 Å². The molecule has 2 aliphatic heterocycles. The third kappa shape index (κ3) is 8.35. The molecule has 2 heterocycles. The van der Waals surface area contributed by atoms with E-state index in [1.165, 1.54) is 24.3 Å². The lowest BCUT2D eigenvalue weighted by molar-refractivity contribution is -0.384. The zero-order chi connectivity index (χ0) is 29.9. The van der Waals surface area contributed by atoms with Gasteiger partial charge in [-0.1, -0.05) is 44.2 Å². The number of rotatable bonds is 12. The minimum Gasteiger partial charge on any atom is -0.457 e. The molecule has 2 aromatic rings. The lowest BCUT2D eigenvalue weighted by Crippen LogP contribution is -2.73. The van der Waals surface area contributed by atoms with Crippen molar-refractivity contribution in [3.05, 3.63) is 75.8 Å². The number of hydrogen-bond donors (Lipinski definition) is 2. The second kappa shape index (κ2) is 15.3. The van der Waals surface area contributed by atoms with Gasteiger partial charge in [0.25, 0.3) is 11.6 Å². The minimum atomic E-state index is -1.98. The second-order valence-electron chi connectivity index (χ2n) is 9.03. The maximum absolute atomic E-state index is 12.9. The molecule has 0 radical (unpaired) electrons. The number of ether oxygens (including phenoxy) is 2. The normalized spacial score (nSPS) is 20.2. The third-order valence-corrected chi connectivity index (χ3v) is 7.58. The predicted octanol–water partition coefficient (Wildman–Crippen LogP) is 2.36. The largest absolute Gasteiger partial charge is 0.457 e. The van der Waals surface area contributed by atoms with E-state index in [0.29, 0.717) is 18.6 Å². The fraction of sp³-hybridized carbons (Fsp3) is 0.429. The highest BCUT2D eigenvalue weighted by atomic mass is 32.2. The third-order valence-electron chi connectivity index (χ3n) is 6.29. The van der Waals surface area contributed by atoms with Gasteiger partial charge in [-0.3, -0.25) is 29.4 Å². The number of ketones is 1. The molecule has 2 N–H and O–H groups in total. The summed E-state index contributed by atoms with van der Waals surface area (Å²) in [4.78, 5) is 61.8. The second-order valence-corrected chi connectivity index (χ2v) is 10.1. The Morgan fingerprint density at radius 3 is 2.44 bits per heavy atom. The summed E-state index contributed by atoms with van der Waals surface area (Å²) in [6, 6.07) is 13.2. The van der Waals surface area contributed by atoms with Gasteiger partial charge in [0.15, 0.2) is 5.78 Å². The van der Waals surface area contributed by atoms with E-state index < -0.39 is 46.5 Å². The molecule has 2 saturated heterocycles. The van der Waals surface area contributed by atoms with E-state index >= 15 is 0 Å². The quantitative estimate of drug-likeness (QED) is 0.163. The van der Waals surface area contributed by atoms with Crippen LogP contribution < -0.4 is 5.32 Å². The number of nitrogens with one attached hydrogen (secondary N) is 1. The molecule has 0 spiro atoms. The van der Waals surface area contributed by atoms with Gasteiger partial charge in [-0.25, -0.2) is 4.79 Å². The Morgan fingerprint density at radius 1 is 1.15 bits per heavy atom. The number of aliphatic hydroxyl groups excluding tert-OH is 1. The molecule has 0 aromatic heterocycles. The van der Waals surface area contributed by atoms with Crippen LogP contribution in [0.1, 0.15) is 37.8 Å². The zero-order valence-corrected chi connectivity index (χ0v) is 23.6. The van der Waals surface area contributed by atoms with Crippen molar-refractivity contribution < 1.29 is 38.7 Å². The Kier molecular flexibility index (Phi) is 11.8. The van der Waals surface area contributed by atoms with Crippen molar-refractivity contribution >= 4 is 41.0 Å². The van der Waals surface area contributed by atoms with Gasteiger partial charge < -0.3 is 19.9 Å². The predicted molar refractivity (Wildman–Crippen MR) is 149 cm³/mol. The molecular formula is C28H33N3O9S. The first-order valence-corrected chi connectivity index (χ1v) is 14.3. The topological polar surface area (TPSA) is 165 Å². The molecule has 41 heavy (non-hydrogen) atoms. The summed E-state index contributed by atoms with van der Waals surface area (Å²) in [5, 5.41) is 23.2. The van der Waals surface area contributed by atoms with Gasteiger partial charge in [0.1, 0.15) is 24.1 Å². The lowest BCUT2D eigenvalue weighted by atomic mass is 10.1. The van der Waals surface area contributed by atoms with Gasteiger partial charge in [-0.05, 0) is 36.1 Å². The smallest absolute Gasteiger partial charge is 0.356 e. The van der Waals surface area contributed by atoms with Crippen LogP contribution in [0.4, 0.5) is 5.69 Å². The number of thioether (sulfide) groups is 1. The molecule has 4 unspecified atom stereocenters. The number of β-lactam (4-membered cyclic amide) rings is 1. The van der Waals surface area contributed by atoms with Crippen molar-refractivity contribution in [2.75, 3.05) is 12.4 Å². The van der Waals surface area contributed by atoms with Crippen LogP contribution in [0.5, 0.6) is 0 Å². The molecule has 12 nitrogen and oxygen atoms in total. The van der Waals surface area contributed by atoms with Gasteiger partial charge in [-0.2, -0.15) is 0 Å². The highest BCUT2D eigenvalue weighted by Gasteiger charge is 2.53. The number of Topliss-reactive ketones (excluding diaryl/α,β-unsaturated/α-hetero) is 1. The minimum absolute atomic E-state index is 0.0245. The number of benzene rings is 2. The summed E-state index contributed by atoms with van der Waals surface area (Å²) in [5.41, 5.74) is 1.05. The Bertz CT molecular complexity index is 1220. The van der Waals surface area contributed by atoms with Crippen molar-refractivity contribution in [3.8, 4) is 0 Å². The van der Waals surface area contributed by atoms with Crippen molar-refractivity contribution in [2.24, 2.45) is 0 Å². The van der Waals surface area contributed by atoms with Gasteiger partial charge in [0.05, 0.1) is 17.1 Å². The molecule has 4 rings (SSSR count). The lowest BCUT2D eigenvalue weighted by Gasteiger charge is -2.47. The number of nitro benzene ring substituents is 1. The summed E-state index contributed by atoms with van der Waals surface area (Å²) in [7, 11) is 0. The summed E-state index contributed by atoms with van der Waals surface area (Å²) in [6.07, 6.45) is -1.12. The van der Waals surface area contributed by atoms with E-state index in [1.54, 1.807) is 24.3 Å². The van der Waals surface area contributed by atoms with Crippen LogP contribution in [0.3, 0.4) is 0 Å². The number of aliphatic hydroxyl groups is 1. The molecule has 2 amide bonds.